The first-order valence-corrected chi connectivity index (χ1v) is 5.53. The average molecular weight is 229 g/mol. The topological polar surface area (TPSA) is 95.7 Å². The summed E-state index contributed by atoms with van der Waals surface area (Å²) < 4.78 is 0. The molecule has 0 radical (unpaired) electrons. The van der Waals surface area contributed by atoms with Crippen molar-refractivity contribution >= 4 is 12.0 Å². The van der Waals surface area contributed by atoms with Crippen LogP contribution in [0.15, 0.2) is 0 Å². The third-order valence-corrected chi connectivity index (χ3v) is 2.91. The highest BCUT2D eigenvalue weighted by atomic mass is 16.4. The van der Waals surface area contributed by atoms with E-state index in [0.717, 1.165) is 0 Å². The number of hydrogen-bond donors (Lipinski definition) is 3. The Balaban J connectivity index is 2.46. The smallest absolute Gasteiger partial charge is 0.317 e. The van der Waals surface area contributed by atoms with Crippen LogP contribution in [0, 0.1) is 5.92 Å². The summed E-state index contributed by atoms with van der Waals surface area (Å²) in [5.41, 5.74) is 5.29. The molecule has 0 bridgehead atoms. The number of carboxylic acids is 1. The Morgan fingerprint density at radius 2 is 2.25 bits per heavy atom. The zero-order valence-corrected chi connectivity index (χ0v) is 9.48. The molecule has 0 aromatic carbocycles. The van der Waals surface area contributed by atoms with E-state index in [2.05, 4.69) is 5.32 Å². The maximum absolute atomic E-state index is 11.7. The first-order valence-electron chi connectivity index (χ1n) is 5.53. The predicted octanol–water partition coefficient (Wildman–Crippen LogP) is -0.160. The quantitative estimate of drug-likeness (QED) is 0.626. The van der Waals surface area contributed by atoms with E-state index in [9.17, 15) is 9.59 Å². The molecule has 2 atom stereocenters. The summed E-state index contributed by atoms with van der Waals surface area (Å²) in [6.07, 6.45) is 1.04. The lowest BCUT2D eigenvalue weighted by molar-refractivity contribution is -0.143. The summed E-state index contributed by atoms with van der Waals surface area (Å²) in [5.74, 6) is -1.09. The van der Waals surface area contributed by atoms with Gasteiger partial charge >= 0.3 is 12.0 Å². The van der Waals surface area contributed by atoms with Gasteiger partial charge in [-0.1, -0.05) is 0 Å². The molecule has 1 rings (SSSR count). The lowest BCUT2D eigenvalue weighted by Crippen LogP contribution is -2.50. The minimum atomic E-state index is -0.770. The van der Waals surface area contributed by atoms with Gasteiger partial charge in [-0.2, -0.15) is 0 Å². The van der Waals surface area contributed by atoms with Crippen LogP contribution < -0.4 is 11.1 Å². The molecular weight excluding hydrogens is 210 g/mol. The summed E-state index contributed by atoms with van der Waals surface area (Å²) in [4.78, 5) is 24.1. The van der Waals surface area contributed by atoms with Crippen molar-refractivity contribution in [2.75, 3.05) is 19.6 Å². The third kappa shape index (κ3) is 3.10. The van der Waals surface area contributed by atoms with Crippen LogP contribution in [-0.4, -0.2) is 47.7 Å². The number of amides is 2. The normalized spacial score (nSPS) is 25.2. The SMILES string of the molecule is CC1CC(C(=O)O)CCN1C(=O)NCCN. The predicted molar refractivity (Wildman–Crippen MR) is 59.0 cm³/mol. The number of nitrogens with one attached hydrogen (secondary N) is 1. The van der Waals surface area contributed by atoms with Gasteiger partial charge in [0.15, 0.2) is 0 Å². The number of hydrogen-bond acceptors (Lipinski definition) is 3. The fourth-order valence-corrected chi connectivity index (χ4v) is 1.98. The van der Waals surface area contributed by atoms with Crippen molar-refractivity contribution in [3.63, 3.8) is 0 Å². The number of urea groups is 1. The minimum absolute atomic E-state index is 0.0346. The number of rotatable bonds is 3. The zero-order valence-electron chi connectivity index (χ0n) is 9.48. The molecule has 6 heteroatoms. The van der Waals surface area contributed by atoms with Gasteiger partial charge in [0.05, 0.1) is 5.92 Å². The molecule has 4 N–H and O–H groups in total. The second-order valence-electron chi connectivity index (χ2n) is 4.12. The number of nitrogens with two attached hydrogens (primary N) is 1. The molecule has 92 valence electrons. The van der Waals surface area contributed by atoms with Gasteiger partial charge in [0.2, 0.25) is 0 Å². The molecule has 1 saturated heterocycles. The monoisotopic (exact) mass is 229 g/mol. The van der Waals surface area contributed by atoms with Gasteiger partial charge in [0.1, 0.15) is 0 Å². The van der Waals surface area contributed by atoms with Crippen molar-refractivity contribution in [1.82, 2.24) is 10.2 Å². The van der Waals surface area contributed by atoms with Gasteiger partial charge in [0.25, 0.3) is 0 Å². The minimum Gasteiger partial charge on any atom is -0.481 e. The number of carbonyl (C=O) groups excluding carboxylic acids is 1. The lowest BCUT2D eigenvalue weighted by atomic mass is 9.92. The Labute approximate surface area is 94.8 Å². The molecule has 1 fully saturated rings. The summed E-state index contributed by atoms with van der Waals surface area (Å²) in [5, 5.41) is 11.6. The van der Waals surface area contributed by atoms with Gasteiger partial charge in [-0.25, -0.2) is 4.79 Å². The highest BCUT2D eigenvalue weighted by Gasteiger charge is 2.31. The Morgan fingerprint density at radius 3 is 2.75 bits per heavy atom. The van der Waals surface area contributed by atoms with Crippen molar-refractivity contribution in [1.29, 1.82) is 0 Å². The van der Waals surface area contributed by atoms with Crippen LogP contribution in [0.2, 0.25) is 0 Å². The second-order valence-corrected chi connectivity index (χ2v) is 4.12. The van der Waals surface area contributed by atoms with E-state index >= 15 is 0 Å². The number of carbonyl (C=O) groups is 2. The average Bonchev–Trinajstić information content (AvgIpc) is 2.25. The lowest BCUT2D eigenvalue weighted by Gasteiger charge is -2.36. The summed E-state index contributed by atoms with van der Waals surface area (Å²) in [6.45, 7) is 3.22. The molecule has 0 saturated carbocycles. The van der Waals surface area contributed by atoms with Crippen LogP contribution >= 0.6 is 0 Å². The number of nitrogens with zero attached hydrogens (tertiary/aromatic N) is 1. The highest BCUT2D eigenvalue weighted by molar-refractivity contribution is 5.75. The number of likely N-dealkylation sites (tertiary alicyclic amines) is 1. The molecule has 1 heterocycles. The molecule has 0 spiro atoms. The van der Waals surface area contributed by atoms with Gasteiger partial charge in [-0.15, -0.1) is 0 Å². The summed E-state index contributed by atoms with van der Waals surface area (Å²) in [6, 6.07) is -0.186. The Hall–Kier alpha value is -1.30. The van der Waals surface area contributed by atoms with Crippen molar-refractivity contribution in [3.8, 4) is 0 Å². The molecule has 0 aromatic heterocycles. The highest BCUT2D eigenvalue weighted by Crippen LogP contribution is 2.22. The number of carboxylic acid groups (broad SMARTS) is 1. The van der Waals surface area contributed by atoms with Crippen LogP contribution in [0.5, 0.6) is 0 Å². The first kappa shape index (κ1) is 12.8. The maximum atomic E-state index is 11.7. The Bertz CT molecular complexity index is 270. The fraction of sp³-hybridized carbons (Fsp3) is 0.800. The number of aliphatic carboxylic acids is 1. The molecule has 1 aliphatic rings. The molecular formula is C10H19N3O3. The van der Waals surface area contributed by atoms with Crippen LogP contribution in [-0.2, 0) is 4.79 Å². The van der Waals surface area contributed by atoms with Gasteiger partial charge in [-0.05, 0) is 19.8 Å². The molecule has 16 heavy (non-hydrogen) atoms. The van der Waals surface area contributed by atoms with Crippen LogP contribution in [0.3, 0.4) is 0 Å². The Morgan fingerprint density at radius 1 is 1.56 bits per heavy atom. The second kappa shape index (κ2) is 5.69. The van der Waals surface area contributed by atoms with Gasteiger partial charge in [-0.3, -0.25) is 4.79 Å². The molecule has 6 nitrogen and oxygen atoms in total. The summed E-state index contributed by atoms with van der Waals surface area (Å²) in [7, 11) is 0. The number of piperidine rings is 1. The van der Waals surface area contributed by atoms with Crippen molar-refractivity contribution < 1.29 is 14.7 Å². The molecule has 2 amide bonds. The molecule has 2 unspecified atom stereocenters. The summed E-state index contributed by atoms with van der Waals surface area (Å²) >= 11 is 0. The van der Waals surface area contributed by atoms with E-state index in [-0.39, 0.29) is 18.0 Å². The molecule has 0 aromatic rings. The van der Waals surface area contributed by atoms with Gasteiger partial charge in [0, 0.05) is 25.7 Å². The zero-order chi connectivity index (χ0) is 12.1. The maximum Gasteiger partial charge on any atom is 0.317 e. The van der Waals surface area contributed by atoms with E-state index in [1.54, 1.807) is 4.90 Å². The van der Waals surface area contributed by atoms with Crippen LogP contribution in [0.25, 0.3) is 0 Å². The van der Waals surface area contributed by atoms with Gasteiger partial charge < -0.3 is 21.1 Å². The first-order chi connectivity index (χ1) is 7.56. The van der Waals surface area contributed by atoms with E-state index in [1.165, 1.54) is 0 Å². The van der Waals surface area contributed by atoms with Crippen molar-refractivity contribution in [3.05, 3.63) is 0 Å². The van der Waals surface area contributed by atoms with E-state index in [1.807, 2.05) is 6.92 Å². The third-order valence-electron chi connectivity index (χ3n) is 2.91. The van der Waals surface area contributed by atoms with E-state index in [0.29, 0.717) is 32.5 Å². The standard InChI is InChI=1S/C10H19N3O3/c1-7-6-8(9(14)15)2-5-13(7)10(16)12-4-3-11/h7-8H,2-6,11H2,1H3,(H,12,16)(H,14,15). The van der Waals surface area contributed by atoms with Crippen LogP contribution in [0.1, 0.15) is 19.8 Å². The fourth-order valence-electron chi connectivity index (χ4n) is 1.98. The molecule has 0 aliphatic carbocycles. The molecule has 1 aliphatic heterocycles. The van der Waals surface area contributed by atoms with Crippen LogP contribution in [0.4, 0.5) is 4.79 Å². The largest absolute Gasteiger partial charge is 0.481 e. The van der Waals surface area contributed by atoms with Crippen molar-refractivity contribution in [2.24, 2.45) is 11.7 Å². The Kier molecular flexibility index (Phi) is 4.54. The van der Waals surface area contributed by atoms with E-state index in [4.69, 9.17) is 10.8 Å². The van der Waals surface area contributed by atoms with E-state index < -0.39 is 5.97 Å². The van der Waals surface area contributed by atoms with Crippen molar-refractivity contribution in [2.45, 2.75) is 25.8 Å².